The molecule has 1 N–H and O–H groups in total. The molecule has 3 aromatic rings. The van der Waals surface area contributed by atoms with Gasteiger partial charge in [-0.2, -0.15) is 13.2 Å². The highest BCUT2D eigenvalue weighted by atomic mass is 19.4. The first-order valence-corrected chi connectivity index (χ1v) is 11.0. The molecule has 1 aliphatic heterocycles. The van der Waals surface area contributed by atoms with Crippen molar-refractivity contribution in [3.63, 3.8) is 0 Å². The van der Waals surface area contributed by atoms with E-state index in [1.807, 2.05) is 6.92 Å². The van der Waals surface area contributed by atoms with Crippen LogP contribution < -0.4 is 5.32 Å². The van der Waals surface area contributed by atoms with E-state index in [-0.39, 0.29) is 23.6 Å². The van der Waals surface area contributed by atoms with Gasteiger partial charge in [-0.15, -0.1) is 0 Å². The van der Waals surface area contributed by atoms with Crippen molar-refractivity contribution in [3.05, 3.63) is 53.4 Å². The van der Waals surface area contributed by atoms with Crippen LogP contribution in [0.15, 0.2) is 35.1 Å². The molecule has 5 rings (SSSR count). The average Bonchev–Trinajstić information content (AvgIpc) is 3.44. The number of hydrogen-bond acceptors (Lipinski definition) is 7. The third-order valence-corrected chi connectivity index (χ3v) is 6.34. The summed E-state index contributed by atoms with van der Waals surface area (Å²) in [6, 6.07) is 3.41. The van der Waals surface area contributed by atoms with Gasteiger partial charge in [0.25, 0.3) is 5.91 Å². The lowest BCUT2D eigenvalue weighted by Gasteiger charge is -2.35. The highest BCUT2D eigenvalue weighted by molar-refractivity contribution is 5.98. The van der Waals surface area contributed by atoms with Crippen LogP contribution in [0.25, 0.3) is 11.5 Å². The summed E-state index contributed by atoms with van der Waals surface area (Å²) in [6.45, 7) is 4.51. The Morgan fingerprint density at radius 2 is 1.88 bits per heavy atom. The number of halogens is 3. The quantitative estimate of drug-likeness (QED) is 0.597. The van der Waals surface area contributed by atoms with Gasteiger partial charge in [-0.25, -0.2) is 19.9 Å². The van der Waals surface area contributed by atoms with Crippen LogP contribution in [0.4, 0.5) is 19.1 Å². The fourth-order valence-electron chi connectivity index (χ4n) is 4.43. The number of nitrogens with one attached hydrogen (secondary N) is 1. The maximum atomic E-state index is 13.7. The number of carbonyl (C=O) groups excluding carboxylic acids is 1. The van der Waals surface area contributed by atoms with Crippen LogP contribution in [-0.4, -0.2) is 49.9 Å². The molecule has 1 saturated heterocycles. The second-order valence-corrected chi connectivity index (χ2v) is 8.90. The number of rotatable bonds is 5. The van der Waals surface area contributed by atoms with E-state index in [2.05, 4.69) is 25.3 Å². The van der Waals surface area contributed by atoms with E-state index in [0.717, 1.165) is 25.2 Å². The third kappa shape index (κ3) is 4.46. The molecule has 2 fully saturated rings. The van der Waals surface area contributed by atoms with E-state index in [1.54, 1.807) is 30.2 Å². The Hall–Kier alpha value is -3.50. The van der Waals surface area contributed by atoms with Gasteiger partial charge in [0.15, 0.2) is 0 Å². The summed E-state index contributed by atoms with van der Waals surface area (Å²) in [4.78, 5) is 31.8. The van der Waals surface area contributed by atoms with Gasteiger partial charge in [0, 0.05) is 37.2 Å². The fourth-order valence-corrected chi connectivity index (χ4v) is 4.43. The average molecular weight is 472 g/mol. The SMILES string of the molecule is Cc1ccc(-c2ncc(C)o2)c(C(=O)N2C[C@@H]3C[C@@H]3CC2CNc2ncc(C(F)(F)F)cn2)n1. The first-order valence-electron chi connectivity index (χ1n) is 11.0. The zero-order valence-electron chi connectivity index (χ0n) is 18.6. The highest BCUT2D eigenvalue weighted by Crippen LogP contribution is 2.47. The van der Waals surface area contributed by atoms with E-state index in [0.29, 0.717) is 47.8 Å². The zero-order chi connectivity index (χ0) is 24.0. The Labute approximate surface area is 193 Å². The fraction of sp³-hybridized carbons (Fsp3) is 0.435. The molecule has 1 saturated carbocycles. The van der Waals surface area contributed by atoms with Crippen molar-refractivity contribution in [2.75, 3.05) is 18.4 Å². The smallest absolute Gasteiger partial charge is 0.419 e. The van der Waals surface area contributed by atoms with Crippen molar-refractivity contribution in [2.45, 2.75) is 38.9 Å². The Morgan fingerprint density at radius 1 is 1.12 bits per heavy atom. The van der Waals surface area contributed by atoms with Gasteiger partial charge in [0.05, 0.1) is 17.3 Å². The van der Waals surface area contributed by atoms with Gasteiger partial charge in [-0.3, -0.25) is 4.79 Å². The summed E-state index contributed by atoms with van der Waals surface area (Å²) in [5, 5.41) is 2.99. The van der Waals surface area contributed by atoms with E-state index in [9.17, 15) is 18.0 Å². The van der Waals surface area contributed by atoms with E-state index < -0.39 is 11.7 Å². The van der Waals surface area contributed by atoms with Crippen LogP contribution in [0.5, 0.6) is 0 Å². The van der Waals surface area contributed by atoms with Crippen LogP contribution in [0.3, 0.4) is 0 Å². The molecular formula is C23H23F3N6O2. The predicted octanol–water partition coefficient (Wildman–Crippen LogP) is 4.12. The summed E-state index contributed by atoms with van der Waals surface area (Å²) >= 11 is 0. The minimum atomic E-state index is -4.49. The molecule has 1 aliphatic carbocycles. The first-order chi connectivity index (χ1) is 16.2. The summed E-state index contributed by atoms with van der Waals surface area (Å²) in [7, 11) is 0. The van der Waals surface area contributed by atoms with Crippen LogP contribution in [-0.2, 0) is 6.18 Å². The normalized spacial score (nSPS) is 21.8. The molecule has 0 aromatic carbocycles. The second-order valence-electron chi connectivity index (χ2n) is 8.90. The van der Waals surface area contributed by atoms with Crippen LogP contribution in [0.1, 0.15) is 40.3 Å². The Balaban J connectivity index is 1.37. The van der Waals surface area contributed by atoms with Gasteiger partial charge >= 0.3 is 6.18 Å². The van der Waals surface area contributed by atoms with Gasteiger partial charge in [0.2, 0.25) is 11.8 Å². The molecule has 4 heterocycles. The Morgan fingerprint density at radius 3 is 2.56 bits per heavy atom. The molecule has 8 nitrogen and oxygen atoms in total. The number of piperidine rings is 1. The molecule has 0 bridgehead atoms. The second kappa shape index (κ2) is 8.37. The molecule has 3 atom stereocenters. The largest absolute Gasteiger partial charge is 0.441 e. The van der Waals surface area contributed by atoms with Crippen molar-refractivity contribution in [1.82, 2.24) is 24.8 Å². The summed E-state index contributed by atoms with van der Waals surface area (Å²) < 4.78 is 44.0. The van der Waals surface area contributed by atoms with Gasteiger partial charge in [0.1, 0.15) is 11.5 Å². The zero-order valence-corrected chi connectivity index (χ0v) is 18.6. The lowest BCUT2D eigenvalue weighted by atomic mass is 10.0. The maximum Gasteiger partial charge on any atom is 0.419 e. The number of nitrogens with zero attached hydrogens (tertiary/aromatic N) is 5. The van der Waals surface area contributed by atoms with Crippen molar-refractivity contribution in [1.29, 1.82) is 0 Å². The van der Waals surface area contributed by atoms with E-state index in [1.165, 1.54) is 0 Å². The molecular weight excluding hydrogens is 449 g/mol. The number of alkyl halides is 3. The summed E-state index contributed by atoms with van der Waals surface area (Å²) in [5.41, 5.74) is 0.591. The van der Waals surface area contributed by atoms with Crippen LogP contribution >= 0.6 is 0 Å². The Kier molecular flexibility index (Phi) is 5.49. The monoisotopic (exact) mass is 472 g/mol. The lowest BCUT2D eigenvalue weighted by Crippen LogP contribution is -2.48. The summed E-state index contributed by atoms with van der Waals surface area (Å²) in [6.07, 6.45) is 0.448. The van der Waals surface area contributed by atoms with Crippen molar-refractivity contribution < 1.29 is 22.4 Å². The molecule has 1 unspecified atom stereocenters. The maximum absolute atomic E-state index is 13.7. The van der Waals surface area contributed by atoms with Gasteiger partial charge < -0.3 is 14.6 Å². The number of fused-ring (bicyclic) bond motifs is 1. The molecule has 34 heavy (non-hydrogen) atoms. The Bertz CT molecular complexity index is 1210. The standard InChI is InChI=1S/C23H23F3N6O2/c1-12-3-4-18(20-27-7-13(2)34-20)19(31-12)21(33)32-11-15-5-14(15)6-17(32)10-30-22-28-8-16(9-29-22)23(24,25)26/h3-4,7-9,14-15,17H,5-6,10-11H2,1-2H3,(H,28,29,30)/t14-,15+,17?/m1/s1. The number of likely N-dealkylation sites (tertiary alicyclic amines) is 1. The third-order valence-electron chi connectivity index (χ3n) is 6.34. The first kappa shape index (κ1) is 22.3. The topological polar surface area (TPSA) is 97.0 Å². The number of oxazole rings is 1. The molecule has 0 spiro atoms. The number of pyridine rings is 1. The molecule has 3 aromatic heterocycles. The number of hydrogen-bond donors (Lipinski definition) is 1. The number of amides is 1. The number of aryl methyl sites for hydroxylation is 2. The molecule has 0 radical (unpaired) electrons. The van der Waals surface area contributed by atoms with Gasteiger partial charge in [-0.05, 0) is 50.7 Å². The summed E-state index contributed by atoms with van der Waals surface area (Å²) in [5.74, 6) is 1.83. The van der Waals surface area contributed by atoms with E-state index >= 15 is 0 Å². The predicted molar refractivity (Wildman–Crippen MR) is 116 cm³/mol. The van der Waals surface area contributed by atoms with Gasteiger partial charge in [-0.1, -0.05) is 0 Å². The number of carbonyl (C=O) groups is 1. The number of anilines is 1. The molecule has 2 aliphatic rings. The van der Waals surface area contributed by atoms with Crippen molar-refractivity contribution in [3.8, 4) is 11.5 Å². The van der Waals surface area contributed by atoms with Crippen molar-refractivity contribution >= 4 is 11.9 Å². The highest BCUT2D eigenvalue weighted by Gasteiger charge is 2.47. The molecule has 1 amide bonds. The lowest BCUT2D eigenvalue weighted by molar-refractivity contribution is -0.138. The van der Waals surface area contributed by atoms with Crippen molar-refractivity contribution in [2.24, 2.45) is 11.8 Å². The van der Waals surface area contributed by atoms with Crippen LogP contribution in [0.2, 0.25) is 0 Å². The molecule has 178 valence electrons. The van der Waals surface area contributed by atoms with Crippen LogP contribution in [0, 0.1) is 25.7 Å². The number of aromatic nitrogens is 4. The minimum absolute atomic E-state index is 0.0861. The minimum Gasteiger partial charge on any atom is -0.441 e. The van der Waals surface area contributed by atoms with E-state index in [4.69, 9.17) is 4.42 Å². The molecule has 11 heteroatoms.